The van der Waals surface area contributed by atoms with Gasteiger partial charge in [-0.25, -0.2) is 8.42 Å². The number of hydrogen-bond acceptors (Lipinski definition) is 5. The van der Waals surface area contributed by atoms with E-state index in [1.54, 1.807) is 48.5 Å². The van der Waals surface area contributed by atoms with E-state index in [9.17, 15) is 13.2 Å². The summed E-state index contributed by atoms with van der Waals surface area (Å²) in [6.07, 6.45) is 2.70. The molecule has 0 atom stereocenters. The molecule has 2 aromatic rings. The van der Waals surface area contributed by atoms with Gasteiger partial charge in [0.05, 0.1) is 17.2 Å². The number of amides is 1. The molecule has 0 spiro atoms. The molecule has 0 aliphatic carbocycles. The van der Waals surface area contributed by atoms with Crippen LogP contribution in [0.15, 0.2) is 58.3 Å². The van der Waals surface area contributed by atoms with Gasteiger partial charge in [-0.2, -0.15) is 0 Å². The minimum Gasteiger partial charge on any atom is -0.494 e. The number of nitrogens with one attached hydrogen (secondary N) is 1. The third-order valence-electron chi connectivity index (χ3n) is 3.94. The van der Waals surface area contributed by atoms with Crippen LogP contribution in [0.5, 0.6) is 5.75 Å². The Kier molecular flexibility index (Phi) is 8.19. The van der Waals surface area contributed by atoms with E-state index < -0.39 is 10.0 Å². The Morgan fingerprint density at radius 2 is 1.71 bits per heavy atom. The zero-order valence-corrected chi connectivity index (χ0v) is 18.0. The molecule has 0 aliphatic heterocycles. The fourth-order valence-electron chi connectivity index (χ4n) is 2.52. The molecule has 0 radical (unpaired) electrons. The van der Waals surface area contributed by atoms with Crippen molar-refractivity contribution >= 4 is 33.4 Å². The van der Waals surface area contributed by atoms with Crippen molar-refractivity contribution in [1.82, 2.24) is 5.32 Å². The Bertz CT molecular complexity index is 866. The third kappa shape index (κ3) is 5.65. The zero-order valence-electron chi connectivity index (χ0n) is 16.3. The van der Waals surface area contributed by atoms with Crippen LogP contribution < -0.4 is 14.4 Å². The molecule has 2 rings (SSSR count). The van der Waals surface area contributed by atoms with Gasteiger partial charge in [0.2, 0.25) is 5.91 Å². The minimum atomic E-state index is -3.90. The van der Waals surface area contributed by atoms with E-state index in [0.29, 0.717) is 24.6 Å². The van der Waals surface area contributed by atoms with E-state index >= 15 is 0 Å². The quantitative estimate of drug-likeness (QED) is 0.593. The maximum atomic E-state index is 13.3. The molecule has 0 fully saturated rings. The molecule has 0 aromatic heterocycles. The monoisotopic (exact) mass is 422 g/mol. The van der Waals surface area contributed by atoms with Gasteiger partial charge in [0, 0.05) is 11.4 Å². The molecule has 0 unspecified atom stereocenters. The van der Waals surface area contributed by atoms with Gasteiger partial charge < -0.3 is 10.1 Å². The van der Waals surface area contributed by atoms with Crippen molar-refractivity contribution in [3.63, 3.8) is 0 Å². The minimum absolute atomic E-state index is 0.141. The molecular formula is C20H26N2O4S2. The first-order valence-electron chi connectivity index (χ1n) is 9.08. The smallest absolute Gasteiger partial charge is 0.264 e. The van der Waals surface area contributed by atoms with Crippen LogP contribution in [0.1, 0.15) is 20.3 Å². The fraction of sp³-hybridized carbons (Fsp3) is 0.350. The normalized spacial score (nSPS) is 11.1. The van der Waals surface area contributed by atoms with Gasteiger partial charge in [0.15, 0.2) is 0 Å². The summed E-state index contributed by atoms with van der Waals surface area (Å²) >= 11 is 1.53. The second-order valence-electron chi connectivity index (χ2n) is 5.96. The first-order valence-corrected chi connectivity index (χ1v) is 11.7. The van der Waals surface area contributed by atoms with Gasteiger partial charge in [-0.05, 0) is 68.1 Å². The molecule has 28 heavy (non-hydrogen) atoms. The average Bonchev–Trinajstić information content (AvgIpc) is 2.71. The largest absolute Gasteiger partial charge is 0.494 e. The lowest BCUT2D eigenvalue weighted by Crippen LogP contribution is -2.41. The van der Waals surface area contributed by atoms with Crippen molar-refractivity contribution in [2.75, 3.05) is 30.3 Å². The lowest BCUT2D eigenvalue weighted by molar-refractivity contribution is -0.119. The number of ether oxygens (including phenoxy) is 1. The number of carbonyl (C=O) groups excluding carboxylic acids is 1. The lowest BCUT2D eigenvalue weighted by atomic mass is 10.3. The van der Waals surface area contributed by atoms with Crippen LogP contribution in [0, 0.1) is 0 Å². The Hall–Kier alpha value is -2.19. The number of thioether (sulfide) groups is 1. The topological polar surface area (TPSA) is 75.7 Å². The summed E-state index contributed by atoms with van der Waals surface area (Å²) in [6.45, 7) is 4.54. The van der Waals surface area contributed by atoms with Crippen molar-refractivity contribution in [3.05, 3.63) is 48.5 Å². The van der Waals surface area contributed by atoms with Gasteiger partial charge in [-0.3, -0.25) is 9.10 Å². The third-order valence-corrected chi connectivity index (χ3v) is 6.47. The van der Waals surface area contributed by atoms with E-state index in [2.05, 4.69) is 5.32 Å². The lowest BCUT2D eigenvalue weighted by Gasteiger charge is -2.24. The van der Waals surface area contributed by atoms with Crippen LogP contribution in [-0.4, -0.2) is 40.3 Å². The van der Waals surface area contributed by atoms with Crippen molar-refractivity contribution in [2.45, 2.75) is 30.1 Å². The summed E-state index contributed by atoms with van der Waals surface area (Å²) in [6, 6.07) is 13.3. The highest BCUT2D eigenvalue weighted by molar-refractivity contribution is 7.98. The number of nitrogens with zero attached hydrogens (tertiary/aromatic N) is 1. The molecular weight excluding hydrogens is 396 g/mol. The summed E-state index contributed by atoms with van der Waals surface area (Å²) in [4.78, 5) is 13.4. The van der Waals surface area contributed by atoms with Crippen LogP contribution in [-0.2, 0) is 14.8 Å². The summed E-state index contributed by atoms with van der Waals surface area (Å²) in [7, 11) is -3.90. The molecule has 0 heterocycles. The summed E-state index contributed by atoms with van der Waals surface area (Å²) in [5.41, 5.74) is 0.407. The molecule has 0 aliphatic rings. The number of carbonyl (C=O) groups is 1. The Morgan fingerprint density at radius 1 is 1.07 bits per heavy atom. The Balaban J connectivity index is 2.39. The second kappa shape index (κ2) is 10.4. The van der Waals surface area contributed by atoms with E-state index in [-0.39, 0.29) is 17.3 Å². The van der Waals surface area contributed by atoms with E-state index in [0.717, 1.165) is 15.6 Å². The highest BCUT2D eigenvalue weighted by atomic mass is 32.2. The SMILES string of the molecule is CCCNC(=O)CN(c1ccc(OCC)cc1)S(=O)(=O)c1ccc(SC)cc1. The molecule has 1 N–H and O–H groups in total. The standard InChI is InChI=1S/C20H26N2O4S2/c1-4-14-21-20(23)15-22(16-6-8-17(9-7-16)26-5-2)28(24,25)19-12-10-18(27-3)11-13-19/h6-13H,4-5,14-15H2,1-3H3,(H,21,23). The van der Waals surface area contributed by atoms with Gasteiger partial charge in [0.25, 0.3) is 10.0 Å². The average molecular weight is 423 g/mol. The molecule has 6 nitrogen and oxygen atoms in total. The molecule has 0 saturated heterocycles. The number of hydrogen-bond donors (Lipinski definition) is 1. The predicted octanol–water partition coefficient (Wildman–Crippen LogP) is 3.53. The first-order chi connectivity index (χ1) is 13.4. The molecule has 152 valence electrons. The number of rotatable bonds is 10. The van der Waals surface area contributed by atoms with Gasteiger partial charge in [-0.15, -0.1) is 11.8 Å². The summed E-state index contributed by atoms with van der Waals surface area (Å²) in [5, 5.41) is 2.73. The zero-order chi connectivity index (χ0) is 20.6. The molecule has 0 saturated carbocycles. The number of sulfonamides is 1. The fourth-order valence-corrected chi connectivity index (χ4v) is 4.35. The van der Waals surface area contributed by atoms with E-state index in [4.69, 9.17) is 4.74 Å². The van der Waals surface area contributed by atoms with Crippen LogP contribution in [0.3, 0.4) is 0 Å². The second-order valence-corrected chi connectivity index (χ2v) is 8.71. The van der Waals surface area contributed by atoms with E-state index in [1.165, 1.54) is 11.8 Å². The van der Waals surface area contributed by atoms with Crippen molar-refractivity contribution in [3.8, 4) is 5.75 Å². The summed E-state index contributed by atoms with van der Waals surface area (Å²) < 4.78 is 33.1. The van der Waals surface area contributed by atoms with Gasteiger partial charge >= 0.3 is 0 Å². The predicted molar refractivity (Wildman–Crippen MR) is 114 cm³/mol. The number of anilines is 1. The number of benzene rings is 2. The Labute approximate surface area is 171 Å². The van der Waals surface area contributed by atoms with Gasteiger partial charge in [-0.1, -0.05) is 6.92 Å². The van der Waals surface area contributed by atoms with Gasteiger partial charge in [0.1, 0.15) is 12.3 Å². The van der Waals surface area contributed by atoms with Crippen LogP contribution >= 0.6 is 11.8 Å². The highest BCUT2D eigenvalue weighted by Gasteiger charge is 2.27. The molecule has 0 bridgehead atoms. The van der Waals surface area contributed by atoms with Crippen molar-refractivity contribution in [2.24, 2.45) is 0 Å². The molecule has 2 aromatic carbocycles. The maximum Gasteiger partial charge on any atom is 0.264 e. The maximum absolute atomic E-state index is 13.3. The molecule has 8 heteroatoms. The van der Waals surface area contributed by atoms with Crippen LogP contribution in [0.4, 0.5) is 5.69 Å². The van der Waals surface area contributed by atoms with Crippen molar-refractivity contribution in [1.29, 1.82) is 0 Å². The van der Waals surface area contributed by atoms with Crippen LogP contribution in [0.25, 0.3) is 0 Å². The highest BCUT2D eigenvalue weighted by Crippen LogP contribution is 2.27. The Morgan fingerprint density at radius 3 is 2.25 bits per heavy atom. The summed E-state index contributed by atoms with van der Waals surface area (Å²) in [5.74, 6) is 0.295. The van der Waals surface area contributed by atoms with Crippen molar-refractivity contribution < 1.29 is 17.9 Å². The molecule has 1 amide bonds. The first kappa shape index (κ1) is 22.1. The van der Waals surface area contributed by atoms with E-state index in [1.807, 2.05) is 20.1 Å². The van der Waals surface area contributed by atoms with Crippen LogP contribution in [0.2, 0.25) is 0 Å².